The Morgan fingerprint density at radius 3 is 2.17 bits per heavy atom. The molecule has 1 atom stereocenters. The molecule has 2 rings (SSSR count). The Kier molecular flexibility index (Phi) is 8.22. The summed E-state index contributed by atoms with van der Waals surface area (Å²) in [6.45, 7) is 5.43. The van der Waals surface area contributed by atoms with E-state index in [4.69, 9.17) is 9.47 Å². The van der Waals surface area contributed by atoms with Gasteiger partial charge in [-0.1, -0.05) is 17.7 Å². The zero-order valence-electron chi connectivity index (χ0n) is 17.6. The first-order valence-electron chi connectivity index (χ1n) is 9.55. The number of ether oxygens (including phenoxy) is 2. The lowest BCUT2D eigenvalue weighted by atomic mass is 10.1. The standard InChI is InChI=1S/C22H27N3O5/c1-14-5-10-19(15(2)13-14)23-20(26)11-12-21(27)24-25-22(28)16(3)30-18-8-6-17(29-4)7-9-18/h5-10,13,16H,11-12H2,1-4H3,(H,23,26)(H,24,27)(H,25,28). The van der Waals surface area contributed by atoms with Crippen LogP contribution in [0.4, 0.5) is 5.69 Å². The van der Waals surface area contributed by atoms with Gasteiger partial charge in [-0.25, -0.2) is 0 Å². The number of amides is 3. The highest BCUT2D eigenvalue weighted by atomic mass is 16.5. The summed E-state index contributed by atoms with van der Waals surface area (Å²) in [7, 11) is 1.56. The first-order valence-corrected chi connectivity index (χ1v) is 9.55. The molecule has 3 N–H and O–H groups in total. The van der Waals surface area contributed by atoms with Gasteiger partial charge in [-0.3, -0.25) is 25.2 Å². The summed E-state index contributed by atoms with van der Waals surface area (Å²) in [5, 5.41) is 2.78. The summed E-state index contributed by atoms with van der Waals surface area (Å²) in [5.74, 6) is -0.101. The van der Waals surface area contributed by atoms with E-state index in [2.05, 4.69) is 16.2 Å². The van der Waals surface area contributed by atoms with Crippen LogP contribution in [0.5, 0.6) is 11.5 Å². The highest BCUT2D eigenvalue weighted by Crippen LogP contribution is 2.18. The largest absolute Gasteiger partial charge is 0.497 e. The van der Waals surface area contributed by atoms with E-state index in [0.717, 1.165) is 11.1 Å². The fourth-order valence-corrected chi connectivity index (χ4v) is 2.60. The monoisotopic (exact) mass is 413 g/mol. The van der Waals surface area contributed by atoms with E-state index < -0.39 is 17.9 Å². The molecule has 0 aromatic heterocycles. The van der Waals surface area contributed by atoms with E-state index in [1.807, 2.05) is 32.0 Å². The molecule has 0 saturated heterocycles. The predicted molar refractivity (Wildman–Crippen MR) is 113 cm³/mol. The summed E-state index contributed by atoms with van der Waals surface area (Å²) in [6.07, 6.45) is -0.899. The predicted octanol–water partition coefficient (Wildman–Crippen LogP) is 2.65. The van der Waals surface area contributed by atoms with Gasteiger partial charge in [0.15, 0.2) is 6.10 Å². The molecule has 0 aliphatic rings. The Bertz CT molecular complexity index is 896. The van der Waals surface area contributed by atoms with Crippen LogP contribution in [0.25, 0.3) is 0 Å². The van der Waals surface area contributed by atoms with Crippen LogP contribution in [0.15, 0.2) is 42.5 Å². The molecule has 1 unspecified atom stereocenters. The van der Waals surface area contributed by atoms with Crippen LogP contribution in [-0.2, 0) is 14.4 Å². The molecule has 3 amide bonds. The Labute approximate surface area is 175 Å². The average Bonchev–Trinajstić information content (AvgIpc) is 2.73. The summed E-state index contributed by atoms with van der Waals surface area (Å²) >= 11 is 0. The van der Waals surface area contributed by atoms with Gasteiger partial charge in [-0.05, 0) is 56.7 Å². The molecule has 8 heteroatoms. The number of hydrogen-bond acceptors (Lipinski definition) is 5. The fourth-order valence-electron chi connectivity index (χ4n) is 2.60. The topological polar surface area (TPSA) is 106 Å². The summed E-state index contributed by atoms with van der Waals surface area (Å²) in [5.41, 5.74) is 7.35. The minimum Gasteiger partial charge on any atom is -0.497 e. The van der Waals surface area contributed by atoms with E-state index in [9.17, 15) is 14.4 Å². The molecule has 2 aromatic carbocycles. The number of nitrogens with one attached hydrogen (secondary N) is 3. The molecule has 30 heavy (non-hydrogen) atoms. The van der Waals surface area contributed by atoms with Crippen LogP contribution in [-0.4, -0.2) is 30.9 Å². The van der Waals surface area contributed by atoms with Crippen LogP contribution < -0.4 is 25.6 Å². The van der Waals surface area contributed by atoms with E-state index in [1.165, 1.54) is 0 Å². The van der Waals surface area contributed by atoms with Gasteiger partial charge in [-0.2, -0.15) is 0 Å². The average molecular weight is 413 g/mol. The van der Waals surface area contributed by atoms with Crippen molar-refractivity contribution in [3.05, 3.63) is 53.6 Å². The van der Waals surface area contributed by atoms with Crippen LogP contribution in [0.2, 0.25) is 0 Å². The maximum Gasteiger partial charge on any atom is 0.279 e. The first-order chi connectivity index (χ1) is 14.3. The molecule has 0 spiro atoms. The highest BCUT2D eigenvalue weighted by molar-refractivity contribution is 5.94. The SMILES string of the molecule is COc1ccc(OC(C)C(=O)NNC(=O)CCC(=O)Nc2ccc(C)cc2C)cc1. The van der Waals surface area contributed by atoms with Crippen molar-refractivity contribution in [2.24, 2.45) is 0 Å². The van der Waals surface area contributed by atoms with Gasteiger partial charge in [0.05, 0.1) is 7.11 Å². The first kappa shape index (κ1) is 22.7. The van der Waals surface area contributed by atoms with E-state index in [0.29, 0.717) is 17.2 Å². The maximum absolute atomic E-state index is 12.1. The molecule has 0 fully saturated rings. The molecule has 160 valence electrons. The zero-order valence-corrected chi connectivity index (χ0v) is 17.6. The number of rotatable bonds is 8. The third-order valence-corrected chi connectivity index (χ3v) is 4.30. The number of hydrazine groups is 1. The maximum atomic E-state index is 12.1. The smallest absolute Gasteiger partial charge is 0.279 e. The second-order valence-electron chi connectivity index (χ2n) is 6.84. The number of hydrogen-bond donors (Lipinski definition) is 3. The minimum atomic E-state index is -0.827. The van der Waals surface area contributed by atoms with Gasteiger partial charge in [-0.15, -0.1) is 0 Å². The Morgan fingerprint density at radius 1 is 0.900 bits per heavy atom. The highest BCUT2D eigenvalue weighted by Gasteiger charge is 2.16. The van der Waals surface area contributed by atoms with Crippen molar-refractivity contribution in [2.45, 2.75) is 39.7 Å². The van der Waals surface area contributed by atoms with E-state index >= 15 is 0 Å². The summed E-state index contributed by atoms with van der Waals surface area (Å²) in [6, 6.07) is 12.5. The molecular weight excluding hydrogens is 386 g/mol. The number of methoxy groups -OCH3 is 1. The van der Waals surface area contributed by atoms with Gasteiger partial charge in [0.2, 0.25) is 11.8 Å². The second-order valence-corrected chi connectivity index (χ2v) is 6.84. The van der Waals surface area contributed by atoms with Gasteiger partial charge in [0, 0.05) is 18.5 Å². The lowest BCUT2D eigenvalue weighted by Crippen LogP contribution is -2.47. The normalized spacial score (nSPS) is 11.2. The summed E-state index contributed by atoms with van der Waals surface area (Å²) in [4.78, 5) is 36.0. The molecule has 0 aliphatic carbocycles. The van der Waals surface area contributed by atoms with E-state index in [1.54, 1.807) is 38.3 Å². The third-order valence-electron chi connectivity index (χ3n) is 4.30. The van der Waals surface area contributed by atoms with Crippen molar-refractivity contribution < 1.29 is 23.9 Å². The lowest BCUT2D eigenvalue weighted by Gasteiger charge is -2.15. The Hall–Kier alpha value is -3.55. The van der Waals surface area contributed by atoms with Crippen LogP contribution in [0.3, 0.4) is 0 Å². The molecule has 0 radical (unpaired) electrons. The molecule has 0 bridgehead atoms. The second kappa shape index (κ2) is 10.8. The number of aryl methyl sites for hydroxylation is 2. The minimum absolute atomic E-state index is 0.00702. The fraction of sp³-hybridized carbons (Fsp3) is 0.318. The van der Waals surface area contributed by atoms with Crippen molar-refractivity contribution in [1.82, 2.24) is 10.9 Å². The van der Waals surface area contributed by atoms with Crippen LogP contribution >= 0.6 is 0 Å². The quantitative estimate of drug-likeness (QED) is 0.577. The van der Waals surface area contributed by atoms with Crippen molar-refractivity contribution >= 4 is 23.4 Å². The summed E-state index contributed by atoms with van der Waals surface area (Å²) < 4.78 is 10.6. The molecule has 0 aliphatic heterocycles. The van der Waals surface area contributed by atoms with Gasteiger partial charge >= 0.3 is 0 Å². The number of anilines is 1. The van der Waals surface area contributed by atoms with E-state index in [-0.39, 0.29) is 18.7 Å². The van der Waals surface area contributed by atoms with Crippen molar-refractivity contribution in [3.63, 3.8) is 0 Å². The molecule has 0 heterocycles. The Morgan fingerprint density at radius 2 is 1.53 bits per heavy atom. The van der Waals surface area contributed by atoms with Gasteiger partial charge in [0.25, 0.3) is 5.91 Å². The zero-order chi connectivity index (χ0) is 22.1. The lowest BCUT2D eigenvalue weighted by molar-refractivity contribution is -0.133. The van der Waals surface area contributed by atoms with Gasteiger partial charge < -0.3 is 14.8 Å². The Balaban J connectivity index is 1.71. The molecule has 2 aromatic rings. The van der Waals surface area contributed by atoms with Gasteiger partial charge in [0.1, 0.15) is 11.5 Å². The van der Waals surface area contributed by atoms with Crippen molar-refractivity contribution in [2.75, 3.05) is 12.4 Å². The molecule has 8 nitrogen and oxygen atoms in total. The van der Waals surface area contributed by atoms with Crippen LogP contribution in [0.1, 0.15) is 30.9 Å². The third kappa shape index (κ3) is 7.12. The molecular formula is C22H27N3O5. The van der Waals surface area contributed by atoms with Crippen molar-refractivity contribution in [3.8, 4) is 11.5 Å². The number of carbonyl (C=O) groups is 3. The van der Waals surface area contributed by atoms with Crippen molar-refractivity contribution in [1.29, 1.82) is 0 Å². The molecule has 0 saturated carbocycles. The van der Waals surface area contributed by atoms with Crippen LogP contribution in [0, 0.1) is 13.8 Å². The number of benzene rings is 2. The number of carbonyl (C=O) groups excluding carboxylic acids is 3.